The van der Waals surface area contributed by atoms with Crippen LogP contribution in [0.1, 0.15) is 38.5 Å². The molecule has 0 aromatic heterocycles. The number of nitrogens with one attached hydrogen (secondary N) is 1. The van der Waals surface area contributed by atoms with Crippen molar-refractivity contribution in [3.63, 3.8) is 0 Å². The van der Waals surface area contributed by atoms with E-state index in [1.807, 2.05) is 0 Å². The number of methoxy groups -OCH3 is 1. The number of carbonyl (C=O) groups excluding carboxylic acids is 2. The summed E-state index contributed by atoms with van der Waals surface area (Å²) >= 11 is 0. The van der Waals surface area contributed by atoms with Crippen molar-refractivity contribution in [3.05, 3.63) is 0 Å². The van der Waals surface area contributed by atoms with E-state index in [1.54, 1.807) is 0 Å². The van der Waals surface area contributed by atoms with Gasteiger partial charge in [-0.05, 0) is 38.6 Å². The monoisotopic (exact) mass is 298 g/mol. The summed E-state index contributed by atoms with van der Waals surface area (Å²) in [5.41, 5.74) is 0. The number of ether oxygens (including phenoxy) is 2. The summed E-state index contributed by atoms with van der Waals surface area (Å²) in [4.78, 5) is 25.7. The lowest BCUT2D eigenvalue weighted by Crippen LogP contribution is -2.49. The molecular formula is C15H26N2O4. The van der Waals surface area contributed by atoms with Crippen LogP contribution in [0.4, 0.5) is 0 Å². The topological polar surface area (TPSA) is 67.9 Å². The molecule has 0 radical (unpaired) electrons. The van der Waals surface area contributed by atoms with Gasteiger partial charge in [0.1, 0.15) is 0 Å². The predicted octanol–water partition coefficient (Wildman–Crippen LogP) is 0.699. The standard InChI is InChI=1S/C15H26N2O4/c1-20-14(18)5-2-8-16-15(19)13-4-3-9-17(13)12-6-10-21-11-7-12/h12-13H,2-11H2,1H3,(H,16,19). The molecule has 1 atom stereocenters. The second-order valence-electron chi connectivity index (χ2n) is 5.71. The van der Waals surface area contributed by atoms with E-state index < -0.39 is 0 Å². The predicted molar refractivity (Wildman–Crippen MR) is 77.8 cm³/mol. The SMILES string of the molecule is COC(=O)CCCNC(=O)C1CCCN1C1CCOCC1. The fourth-order valence-electron chi connectivity index (χ4n) is 3.19. The Hall–Kier alpha value is -1.14. The van der Waals surface area contributed by atoms with Crippen LogP contribution in [0.25, 0.3) is 0 Å². The van der Waals surface area contributed by atoms with Crippen LogP contribution in [0.3, 0.4) is 0 Å². The van der Waals surface area contributed by atoms with Gasteiger partial charge in [0.2, 0.25) is 5.91 Å². The van der Waals surface area contributed by atoms with E-state index in [0.29, 0.717) is 25.4 Å². The van der Waals surface area contributed by atoms with Gasteiger partial charge in [-0.25, -0.2) is 0 Å². The molecule has 0 spiro atoms. The van der Waals surface area contributed by atoms with E-state index in [9.17, 15) is 9.59 Å². The van der Waals surface area contributed by atoms with Gasteiger partial charge in [0, 0.05) is 32.2 Å². The van der Waals surface area contributed by atoms with Gasteiger partial charge in [-0.15, -0.1) is 0 Å². The second kappa shape index (κ2) is 8.34. The van der Waals surface area contributed by atoms with Crippen molar-refractivity contribution >= 4 is 11.9 Å². The first-order chi connectivity index (χ1) is 10.2. The normalized spacial score (nSPS) is 24.0. The van der Waals surface area contributed by atoms with E-state index in [2.05, 4.69) is 15.0 Å². The van der Waals surface area contributed by atoms with Crippen LogP contribution in [0.5, 0.6) is 0 Å². The average Bonchev–Trinajstić information content (AvgIpc) is 3.01. The van der Waals surface area contributed by atoms with Crippen LogP contribution < -0.4 is 5.32 Å². The first kappa shape index (κ1) is 16.2. The summed E-state index contributed by atoms with van der Waals surface area (Å²) < 4.78 is 9.98. The van der Waals surface area contributed by atoms with E-state index >= 15 is 0 Å². The summed E-state index contributed by atoms with van der Waals surface area (Å²) in [6.07, 6.45) is 5.03. The fraction of sp³-hybridized carbons (Fsp3) is 0.867. The van der Waals surface area contributed by atoms with Crippen molar-refractivity contribution in [2.75, 3.05) is 33.4 Å². The number of likely N-dealkylation sites (tertiary alicyclic amines) is 1. The molecule has 120 valence electrons. The first-order valence-electron chi connectivity index (χ1n) is 7.90. The van der Waals surface area contributed by atoms with Crippen molar-refractivity contribution < 1.29 is 19.1 Å². The lowest BCUT2D eigenvalue weighted by atomic mass is 10.1. The Morgan fingerprint density at radius 2 is 2.05 bits per heavy atom. The highest BCUT2D eigenvalue weighted by Gasteiger charge is 2.35. The molecule has 0 saturated carbocycles. The molecule has 0 aliphatic carbocycles. The van der Waals surface area contributed by atoms with Crippen LogP contribution in [0, 0.1) is 0 Å². The van der Waals surface area contributed by atoms with Crippen molar-refractivity contribution in [2.24, 2.45) is 0 Å². The van der Waals surface area contributed by atoms with E-state index in [-0.39, 0.29) is 17.9 Å². The molecule has 21 heavy (non-hydrogen) atoms. The third kappa shape index (κ3) is 4.68. The highest BCUT2D eigenvalue weighted by atomic mass is 16.5. The molecule has 6 heteroatoms. The summed E-state index contributed by atoms with van der Waals surface area (Å²) in [5, 5.41) is 2.95. The second-order valence-corrected chi connectivity index (χ2v) is 5.71. The molecule has 0 aromatic carbocycles. The Kier molecular flexibility index (Phi) is 6.45. The molecule has 2 fully saturated rings. The summed E-state index contributed by atoms with van der Waals surface area (Å²) in [7, 11) is 1.38. The lowest BCUT2D eigenvalue weighted by Gasteiger charge is -2.34. The molecule has 2 heterocycles. The highest BCUT2D eigenvalue weighted by Crippen LogP contribution is 2.25. The number of hydrogen-bond acceptors (Lipinski definition) is 5. The molecule has 1 N–H and O–H groups in total. The minimum atomic E-state index is -0.228. The van der Waals surface area contributed by atoms with Crippen LogP contribution in [-0.4, -0.2) is 62.3 Å². The molecule has 1 unspecified atom stereocenters. The van der Waals surface area contributed by atoms with E-state index in [4.69, 9.17) is 4.74 Å². The zero-order valence-electron chi connectivity index (χ0n) is 12.8. The van der Waals surface area contributed by atoms with Crippen molar-refractivity contribution in [1.29, 1.82) is 0 Å². The van der Waals surface area contributed by atoms with Gasteiger partial charge < -0.3 is 14.8 Å². The number of esters is 1. The van der Waals surface area contributed by atoms with Crippen LogP contribution in [0.15, 0.2) is 0 Å². The molecule has 6 nitrogen and oxygen atoms in total. The molecule has 2 aliphatic heterocycles. The zero-order valence-corrected chi connectivity index (χ0v) is 12.8. The lowest BCUT2D eigenvalue weighted by molar-refractivity contribution is -0.140. The van der Waals surface area contributed by atoms with Crippen LogP contribution in [0.2, 0.25) is 0 Å². The van der Waals surface area contributed by atoms with Crippen molar-refractivity contribution in [3.8, 4) is 0 Å². The summed E-state index contributed by atoms with van der Waals surface area (Å²) in [6.45, 7) is 3.14. The largest absolute Gasteiger partial charge is 0.469 e. The Balaban J connectivity index is 1.73. The number of rotatable bonds is 6. The minimum absolute atomic E-state index is 0.00812. The molecule has 0 bridgehead atoms. The van der Waals surface area contributed by atoms with Crippen LogP contribution >= 0.6 is 0 Å². The minimum Gasteiger partial charge on any atom is -0.469 e. The average molecular weight is 298 g/mol. The van der Waals surface area contributed by atoms with Gasteiger partial charge in [0.05, 0.1) is 13.2 Å². The van der Waals surface area contributed by atoms with Crippen molar-refractivity contribution in [1.82, 2.24) is 10.2 Å². The number of nitrogens with zero attached hydrogens (tertiary/aromatic N) is 1. The van der Waals surface area contributed by atoms with Gasteiger partial charge in [-0.2, -0.15) is 0 Å². The smallest absolute Gasteiger partial charge is 0.305 e. The Labute approximate surface area is 126 Å². The van der Waals surface area contributed by atoms with Gasteiger partial charge in [0.15, 0.2) is 0 Å². The molecule has 2 rings (SSSR count). The van der Waals surface area contributed by atoms with Crippen LogP contribution in [-0.2, 0) is 19.1 Å². The number of amides is 1. The molecule has 1 amide bonds. The maximum absolute atomic E-state index is 12.3. The maximum Gasteiger partial charge on any atom is 0.305 e. The zero-order chi connectivity index (χ0) is 15.1. The Morgan fingerprint density at radius 3 is 2.76 bits per heavy atom. The third-order valence-electron chi connectivity index (χ3n) is 4.34. The quantitative estimate of drug-likeness (QED) is 0.577. The number of carbonyl (C=O) groups is 2. The fourth-order valence-corrected chi connectivity index (χ4v) is 3.19. The Bertz CT molecular complexity index is 356. The van der Waals surface area contributed by atoms with Crippen molar-refractivity contribution in [2.45, 2.75) is 50.6 Å². The number of hydrogen-bond donors (Lipinski definition) is 1. The molecular weight excluding hydrogens is 272 g/mol. The van der Waals surface area contributed by atoms with Gasteiger partial charge in [-0.3, -0.25) is 14.5 Å². The summed E-state index contributed by atoms with van der Waals surface area (Å²) in [6, 6.07) is 0.471. The maximum atomic E-state index is 12.3. The van der Waals surface area contributed by atoms with Gasteiger partial charge in [0.25, 0.3) is 0 Å². The third-order valence-corrected chi connectivity index (χ3v) is 4.34. The van der Waals surface area contributed by atoms with E-state index in [0.717, 1.165) is 45.4 Å². The summed E-state index contributed by atoms with van der Waals surface area (Å²) in [5.74, 6) is -0.127. The molecule has 2 aliphatic rings. The molecule has 0 aromatic rings. The molecule has 2 saturated heterocycles. The Morgan fingerprint density at radius 1 is 1.29 bits per heavy atom. The van der Waals surface area contributed by atoms with Gasteiger partial charge >= 0.3 is 5.97 Å². The van der Waals surface area contributed by atoms with Gasteiger partial charge in [-0.1, -0.05) is 0 Å². The van der Waals surface area contributed by atoms with E-state index in [1.165, 1.54) is 7.11 Å². The highest BCUT2D eigenvalue weighted by molar-refractivity contribution is 5.82. The first-order valence-corrected chi connectivity index (χ1v) is 7.90.